The summed E-state index contributed by atoms with van der Waals surface area (Å²) in [7, 11) is 0. The van der Waals surface area contributed by atoms with E-state index in [2.05, 4.69) is 0 Å². The van der Waals surface area contributed by atoms with Gasteiger partial charge in [0.15, 0.2) is 0 Å². The Hall–Kier alpha value is -1.26. The Morgan fingerprint density at radius 2 is 2.00 bits per heavy atom. The van der Waals surface area contributed by atoms with Gasteiger partial charge in [0, 0.05) is 0 Å². The molecule has 1 aromatic carbocycles. The van der Waals surface area contributed by atoms with Crippen LogP contribution >= 0.6 is 11.6 Å². The Balaban J connectivity index is 2.64. The highest BCUT2D eigenvalue weighted by Gasteiger charge is 2.14. The van der Waals surface area contributed by atoms with E-state index < -0.39 is 11.5 Å². The normalized spacial score (nSPS) is 12.1. The van der Waals surface area contributed by atoms with E-state index in [1.165, 1.54) is 0 Å². The number of hydrogen-bond donors (Lipinski definition) is 2. The largest absolute Gasteiger partial charge is 0.478 e. The molecule has 0 aliphatic rings. The van der Waals surface area contributed by atoms with Gasteiger partial charge in [-0.3, -0.25) is 0 Å². The minimum atomic E-state index is -1.39. The summed E-state index contributed by atoms with van der Waals surface area (Å²) in [6.45, 7) is -0.0660. The minimum absolute atomic E-state index is 0.0660. The number of carboxylic acid groups (broad SMARTS) is 1. The van der Waals surface area contributed by atoms with Crippen LogP contribution in [0.15, 0.2) is 24.3 Å². The van der Waals surface area contributed by atoms with Crippen molar-refractivity contribution < 1.29 is 19.7 Å². The Morgan fingerprint density at radius 1 is 1.43 bits per heavy atom. The molecule has 0 saturated heterocycles. The molecule has 0 spiro atoms. The molecule has 0 aliphatic carbocycles. The molecule has 2 N–H and O–H groups in total. The number of hydrogen-bond acceptors (Lipinski definition) is 3. The lowest BCUT2D eigenvalue weighted by atomic mass is 10.2. The van der Waals surface area contributed by atoms with Crippen molar-refractivity contribution in [2.45, 2.75) is 12.2 Å². The third-order valence-electron chi connectivity index (χ3n) is 1.54. The lowest BCUT2D eigenvalue weighted by Gasteiger charge is -2.08. The van der Waals surface area contributed by atoms with Gasteiger partial charge in [0.1, 0.15) is 5.75 Å². The van der Waals surface area contributed by atoms with Crippen molar-refractivity contribution in [1.82, 2.24) is 0 Å². The van der Waals surface area contributed by atoms with Crippen LogP contribution in [-0.2, 0) is 11.4 Å². The van der Waals surface area contributed by atoms with Crippen LogP contribution in [0.25, 0.3) is 0 Å². The molecule has 1 unspecified atom stereocenters. The van der Waals surface area contributed by atoms with E-state index in [9.17, 15) is 4.79 Å². The summed E-state index contributed by atoms with van der Waals surface area (Å²) < 4.78 is 4.86. The van der Waals surface area contributed by atoms with Crippen molar-refractivity contribution in [3.05, 3.63) is 29.8 Å². The SMILES string of the molecule is O=C(O)C(Cl)Oc1ccc(CO)cc1. The number of aliphatic hydroxyl groups excluding tert-OH is 1. The summed E-state index contributed by atoms with van der Waals surface area (Å²) in [5, 5.41) is 17.2. The maximum Gasteiger partial charge on any atom is 0.360 e. The number of carboxylic acids is 1. The highest BCUT2D eigenvalue weighted by Crippen LogP contribution is 2.15. The number of alkyl halides is 1. The minimum Gasteiger partial charge on any atom is -0.478 e. The van der Waals surface area contributed by atoms with E-state index in [0.29, 0.717) is 5.75 Å². The van der Waals surface area contributed by atoms with Gasteiger partial charge in [0.25, 0.3) is 5.56 Å². The lowest BCUT2D eigenvalue weighted by Crippen LogP contribution is -2.20. The van der Waals surface area contributed by atoms with Crippen LogP contribution < -0.4 is 4.74 Å². The topological polar surface area (TPSA) is 66.8 Å². The fraction of sp³-hybridized carbons (Fsp3) is 0.222. The predicted molar refractivity (Wildman–Crippen MR) is 50.3 cm³/mol. The second-order valence-corrected chi connectivity index (χ2v) is 2.97. The van der Waals surface area contributed by atoms with Crippen molar-refractivity contribution in [3.63, 3.8) is 0 Å². The monoisotopic (exact) mass is 216 g/mol. The smallest absolute Gasteiger partial charge is 0.360 e. The van der Waals surface area contributed by atoms with Gasteiger partial charge in [-0.15, -0.1) is 0 Å². The van der Waals surface area contributed by atoms with Crippen LogP contribution in [0.1, 0.15) is 5.56 Å². The summed E-state index contributed by atoms with van der Waals surface area (Å²) in [6, 6.07) is 6.34. The molecule has 1 atom stereocenters. The van der Waals surface area contributed by atoms with Gasteiger partial charge in [-0.05, 0) is 17.7 Å². The number of carbonyl (C=O) groups is 1. The van der Waals surface area contributed by atoms with E-state index in [-0.39, 0.29) is 6.61 Å². The molecule has 0 radical (unpaired) electrons. The summed E-state index contributed by atoms with van der Waals surface area (Å²) in [5.74, 6) is -0.887. The fourth-order valence-electron chi connectivity index (χ4n) is 0.843. The molecular formula is C9H9ClO4. The average molecular weight is 217 g/mol. The van der Waals surface area contributed by atoms with Crippen LogP contribution in [0.5, 0.6) is 5.75 Å². The standard InChI is InChI=1S/C9H9ClO4/c10-8(9(12)13)14-7-3-1-6(5-11)2-4-7/h1-4,8,11H,5H2,(H,12,13). The summed E-state index contributed by atoms with van der Waals surface area (Å²) in [6.07, 6.45) is 0. The van der Waals surface area contributed by atoms with Gasteiger partial charge >= 0.3 is 5.97 Å². The molecule has 14 heavy (non-hydrogen) atoms. The molecular weight excluding hydrogens is 208 g/mol. The summed E-state index contributed by atoms with van der Waals surface area (Å²) >= 11 is 5.35. The Bertz CT molecular complexity index is 309. The molecule has 0 aromatic heterocycles. The van der Waals surface area contributed by atoms with Crippen LogP contribution in [0, 0.1) is 0 Å². The molecule has 0 fully saturated rings. The first-order valence-electron chi connectivity index (χ1n) is 3.87. The number of aliphatic hydroxyl groups is 1. The van der Waals surface area contributed by atoms with Gasteiger partial charge < -0.3 is 14.9 Å². The third kappa shape index (κ3) is 2.90. The van der Waals surface area contributed by atoms with E-state index in [0.717, 1.165) is 5.56 Å². The van der Waals surface area contributed by atoms with Crippen LogP contribution in [0.3, 0.4) is 0 Å². The lowest BCUT2D eigenvalue weighted by molar-refractivity contribution is -0.141. The van der Waals surface area contributed by atoms with E-state index in [1.54, 1.807) is 24.3 Å². The predicted octanol–water partition coefficient (Wildman–Crippen LogP) is 1.21. The van der Waals surface area contributed by atoms with Crippen molar-refractivity contribution >= 4 is 17.6 Å². The van der Waals surface area contributed by atoms with E-state index >= 15 is 0 Å². The zero-order valence-electron chi connectivity index (χ0n) is 7.18. The maximum atomic E-state index is 10.3. The van der Waals surface area contributed by atoms with Crippen molar-refractivity contribution in [2.75, 3.05) is 0 Å². The van der Waals surface area contributed by atoms with Gasteiger partial charge in [0.2, 0.25) is 0 Å². The Labute approximate surface area is 85.7 Å². The molecule has 76 valence electrons. The quantitative estimate of drug-likeness (QED) is 0.743. The first-order chi connectivity index (χ1) is 6.63. The van der Waals surface area contributed by atoms with Gasteiger partial charge in [-0.1, -0.05) is 23.7 Å². The molecule has 0 amide bonds. The van der Waals surface area contributed by atoms with Crippen molar-refractivity contribution in [1.29, 1.82) is 0 Å². The number of aliphatic carboxylic acids is 1. The van der Waals surface area contributed by atoms with E-state index in [1.807, 2.05) is 0 Å². The highest BCUT2D eigenvalue weighted by atomic mass is 35.5. The number of halogens is 1. The van der Waals surface area contributed by atoms with Crippen molar-refractivity contribution in [3.8, 4) is 5.75 Å². The maximum absolute atomic E-state index is 10.3. The molecule has 4 nitrogen and oxygen atoms in total. The molecule has 0 heterocycles. The van der Waals surface area contributed by atoms with Crippen molar-refractivity contribution in [2.24, 2.45) is 0 Å². The Kier molecular flexibility index (Phi) is 3.73. The molecule has 5 heteroatoms. The van der Waals surface area contributed by atoms with E-state index in [4.69, 9.17) is 26.6 Å². The summed E-state index contributed by atoms with van der Waals surface area (Å²) in [5.41, 5.74) is -0.672. The summed E-state index contributed by atoms with van der Waals surface area (Å²) in [4.78, 5) is 10.3. The van der Waals surface area contributed by atoms with Gasteiger partial charge in [-0.2, -0.15) is 0 Å². The van der Waals surface area contributed by atoms with Crippen LogP contribution in [0.4, 0.5) is 0 Å². The third-order valence-corrected chi connectivity index (χ3v) is 1.82. The number of ether oxygens (including phenoxy) is 1. The second-order valence-electron chi connectivity index (χ2n) is 2.57. The van der Waals surface area contributed by atoms with Crippen LogP contribution in [-0.4, -0.2) is 21.7 Å². The molecule has 1 aromatic rings. The number of rotatable bonds is 4. The first kappa shape index (κ1) is 10.8. The molecule has 0 saturated carbocycles. The molecule has 1 rings (SSSR count). The zero-order valence-corrected chi connectivity index (χ0v) is 7.94. The molecule has 0 aliphatic heterocycles. The van der Waals surface area contributed by atoms with Gasteiger partial charge in [0.05, 0.1) is 6.61 Å². The molecule has 0 bridgehead atoms. The van der Waals surface area contributed by atoms with Gasteiger partial charge in [-0.25, -0.2) is 4.79 Å². The fourth-order valence-corrected chi connectivity index (χ4v) is 0.946. The first-order valence-corrected chi connectivity index (χ1v) is 4.30. The highest BCUT2D eigenvalue weighted by molar-refractivity contribution is 6.28. The second kappa shape index (κ2) is 4.83. The average Bonchev–Trinajstić information content (AvgIpc) is 2.19. The van der Waals surface area contributed by atoms with Crippen LogP contribution in [0.2, 0.25) is 0 Å². The number of benzene rings is 1. The zero-order chi connectivity index (χ0) is 10.6. The Morgan fingerprint density at radius 3 is 2.43 bits per heavy atom.